The molecule has 0 fully saturated rings. The largest absolute Gasteiger partial charge is 0.480 e. The van der Waals surface area contributed by atoms with E-state index in [0.29, 0.717) is 5.75 Å². The van der Waals surface area contributed by atoms with Crippen LogP contribution in [0.15, 0.2) is 35.5 Å². The number of fused-ring (bicyclic) bond motifs is 1. The summed E-state index contributed by atoms with van der Waals surface area (Å²) in [6.45, 7) is -0.592. The first-order chi connectivity index (χ1) is 19.1. The average molecular weight is 579 g/mol. The van der Waals surface area contributed by atoms with Gasteiger partial charge in [0.2, 0.25) is 17.7 Å². The lowest BCUT2D eigenvalue weighted by Crippen LogP contribution is -2.58. The molecule has 3 amide bonds. The van der Waals surface area contributed by atoms with E-state index in [-0.39, 0.29) is 38.2 Å². The number of nitrogens with one attached hydrogen (secondary N) is 4. The predicted molar refractivity (Wildman–Crippen MR) is 153 cm³/mol. The molecule has 0 spiro atoms. The van der Waals surface area contributed by atoms with Gasteiger partial charge in [0.25, 0.3) is 0 Å². The highest BCUT2D eigenvalue weighted by Gasteiger charge is 2.30. The maximum atomic E-state index is 13.0. The van der Waals surface area contributed by atoms with Crippen molar-refractivity contribution in [2.24, 2.45) is 22.2 Å². The molecule has 0 aliphatic carbocycles. The van der Waals surface area contributed by atoms with Crippen molar-refractivity contribution >= 4 is 52.3 Å². The minimum absolute atomic E-state index is 0.0649. The zero-order valence-corrected chi connectivity index (χ0v) is 23.1. The van der Waals surface area contributed by atoms with Crippen molar-refractivity contribution in [2.45, 2.75) is 49.9 Å². The van der Waals surface area contributed by atoms with E-state index in [0.717, 1.165) is 16.5 Å². The molecule has 1 heterocycles. The van der Waals surface area contributed by atoms with Crippen LogP contribution in [0.5, 0.6) is 0 Å². The van der Waals surface area contributed by atoms with Crippen molar-refractivity contribution in [1.82, 2.24) is 20.9 Å². The number of benzene rings is 1. The van der Waals surface area contributed by atoms with Crippen LogP contribution in [0.1, 0.15) is 24.8 Å². The lowest BCUT2D eigenvalue weighted by Gasteiger charge is -2.24. The van der Waals surface area contributed by atoms with Crippen LogP contribution in [0.2, 0.25) is 0 Å². The molecule has 0 bridgehead atoms. The minimum Gasteiger partial charge on any atom is -0.480 e. The van der Waals surface area contributed by atoms with Crippen LogP contribution in [-0.2, 0) is 25.6 Å². The Morgan fingerprint density at radius 3 is 2.30 bits per heavy atom. The SMILES string of the molecule is CSCCC(NC(=O)C(CCCN=C(N)N)NC(=O)C(CO)NC(=O)C(N)Cc1c[nH]c2ccccc12)C(=O)O. The number of guanidine groups is 1. The van der Waals surface area contributed by atoms with Gasteiger partial charge in [-0.3, -0.25) is 19.4 Å². The number of para-hydroxylation sites is 1. The first kappa shape index (κ1) is 32.4. The van der Waals surface area contributed by atoms with E-state index < -0.39 is 54.5 Å². The van der Waals surface area contributed by atoms with Crippen molar-refractivity contribution in [1.29, 1.82) is 0 Å². The number of amides is 3. The second-order valence-corrected chi connectivity index (χ2v) is 10.1. The summed E-state index contributed by atoms with van der Waals surface area (Å²) >= 11 is 1.43. The van der Waals surface area contributed by atoms with Crippen LogP contribution in [0, 0.1) is 0 Å². The summed E-state index contributed by atoms with van der Waals surface area (Å²) in [5, 5.41) is 27.5. The number of rotatable bonds is 17. The number of nitrogens with zero attached hydrogens (tertiary/aromatic N) is 1. The number of aliphatic hydroxyl groups is 1. The molecule has 14 nitrogen and oxygen atoms in total. The highest BCUT2D eigenvalue weighted by atomic mass is 32.2. The Bertz CT molecular complexity index is 1190. The molecule has 15 heteroatoms. The number of hydrogen-bond donors (Lipinski definition) is 9. The maximum absolute atomic E-state index is 13.0. The minimum atomic E-state index is -1.40. The molecule has 12 N–H and O–H groups in total. The van der Waals surface area contributed by atoms with E-state index in [1.54, 1.807) is 6.20 Å². The number of aromatic nitrogens is 1. The lowest BCUT2D eigenvalue weighted by atomic mass is 10.0. The molecule has 1 aromatic carbocycles. The normalized spacial score (nSPS) is 14.0. The number of carboxylic acids is 1. The van der Waals surface area contributed by atoms with Crippen LogP contribution in [0.4, 0.5) is 0 Å². The Morgan fingerprint density at radius 2 is 1.65 bits per heavy atom. The fourth-order valence-electron chi connectivity index (χ4n) is 3.91. The van der Waals surface area contributed by atoms with E-state index in [9.17, 15) is 29.4 Å². The fraction of sp³-hybridized carbons (Fsp3) is 0.480. The molecule has 1 aromatic heterocycles. The second-order valence-electron chi connectivity index (χ2n) is 9.10. The molecule has 0 aliphatic rings. The van der Waals surface area contributed by atoms with Crippen LogP contribution in [0.3, 0.4) is 0 Å². The van der Waals surface area contributed by atoms with Crippen molar-refractivity contribution in [3.05, 3.63) is 36.0 Å². The summed E-state index contributed by atoms with van der Waals surface area (Å²) in [6.07, 6.45) is 4.27. The van der Waals surface area contributed by atoms with Crippen molar-refractivity contribution < 1.29 is 29.4 Å². The average Bonchev–Trinajstić information content (AvgIpc) is 3.33. The Balaban J connectivity index is 2.06. The standard InChI is InChI=1S/C25H38N8O6S/c1-40-10-8-19(24(38)39)32-22(36)18(7-4-9-29-25(27)28)31-23(37)20(13-34)33-21(35)16(26)11-14-12-30-17-6-3-2-5-15(14)17/h2-3,5-6,12,16,18-20,30,34H,4,7-11,13,26H2,1H3,(H,31,37)(H,32,36)(H,33,35)(H,38,39)(H4,27,28,29). The number of aliphatic carboxylic acids is 1. The lowest BCUT2D eigenvalue weighted by molar-refractivity contribution is -0.142. The summed E-state index contributed by atoms with van der Waals surface area (Å²) in [7, 11) is 0. The molecule has 40 heavy (non-hydrogen) atoms. The molecule has 4 unspecified atom stereocenters. The molecular formula is C25H38N8O6S. The van der Waals surface area contributed by atoms with Crippen molar-refractivity contribution in [3.63, 3.8) is 0 Å². The Hall–Kier alpha value is -3.82. The van der Waals surface area contributed by atoms with Crippen molar-refractivity contribution in [2.75, 3.05) is 25.2 Å². The molecule has 2 aromatic rings. The van der Waals surface area contributed by atoms with Gasteiger partial charge >= 0.3 is 5.97 Å². The highest BCUT2D eigenvalue weighted by Crippen LogP contribution is 2.18. The third-order valence-electron chi connectivity index (χ3n) is 6.07. The Kier molecular flexibility index (Phi) is 13.2. The van der Waals surface area contributed by atoms with Gasteiger partial charge in [0.15, 0.2) is 5.96 Å². The summed E-state index contributed by atoms with van der Waals surface area (Å²) in [5.41, 5.74) is 18.4. The van der Waals surface area contributed by atoms with Gasteiger partial charge in [-0.15, -0.1) is 0 Å². The molecule has 0 saturated carbocycles. The van der Waals surface area contributed by atoms with E-state index in [4.69, 9.17) is 17.2 Å². The first-order valence-corrected chi connectivity index (χ1v) is 14.1. The first-order valence-electron chi connectivity index (χ1n) is 12.7. The van der Waals surface area contributed by atoms with Crippen molar-refractivity contribution in [3.8, 4) is 0 Å². The summed E-state index contributed by atoms with van der Waals surface area (Å²) in [5.74, 6) is -3.09. The van der Waals surface area contributed by atoms with Crippen LogP contribution in [-0.4, -0.2) is 94.2 Å². The molecule has 0 radical (unpaired) electrons. The number of carbonyl (C=O) groups excluding carboxylic acids is 3. The fourth-order valence-corrected chi connectivity index (χ4v) is 4.38. The van der Waals surface area contributed by atoms with Gasteiger partial charge in [0.1, 0.15) is 18.1 Å². The molecule has 0 aliphatic heterocycles. The Morgan fingerprint density at radius 1 is 1.00 bits per heavy atom. The van der Waals surface area contributed by atoms with Crippen LogP contribution in [0.25, 0.3) is 10.9 Å². The number of carboxylic acid groups (broad SMARTS) is 1. The predicted octanol–water partition coefficient (Wildman–Crippen LogP) is -1.62. The number of H-pyrrole nitrogens is 1. The second kappa shape index (κ2) is 16.3. The van der Waals surface area contributed by atoms with Crippen LogP contribution >= 0.6 is 11.8 Å². The van der Waals surface area contributed by atoms with E-state index in [1.807, 2.05) is 30.5 Å². The van der Waals surface area contributed by atoms with Gasteiger partial charge in [-0.1, -0.05) is 18.2 Å². The summed E-state index contributed by atoms with van der Waals surface area (Å²) in [6, 6.07) is 2.76. The van der Waals surface area contributed by atoms with Gasteiger partial charge in [0, 0.05) is 23.6 Å². The zero-order valence-electron chi connectivity index (χ0n) is 22.3. The van der Waals surface area contributed by atoms with Crippen LogP contribution < -0.4 is 33.2 Å². The number of aliphatic hydroxyl groups excluding tert-OH is 1. The number of aliphatic imine (C=N–C) groups is 1. The molecule has 0 saturated heterocycles. The topological polar surface area (TPSA) is 251 Å². The van der Waals surface area contributed by atoms with Gasteiger partial charge < -0.3 is 48.3 Å². The van der Waals surface area contributed by atoms with Gasteiger partial charge in [-0.05, 0) is 49.3 Å². The number of nitrogens with two attached hydrogens (primary N) is 3. The molecular weight excluding hydrogens is 540 g/mol. The molecule has 4 atom stereocenters. The molecule has 220 valence electrons. The number of hydrogen-bond acceptors (Lipinski definition) is 8. The van der Waals surface area contributed by atoms with Gasteiger partial charge in [-0.25, -0.2) is 4.79 Å². The number of thioether (sulfide) groups is 1. The molecule has 2 rings (SSSR count). The summed E-state index contributed by atoms with van der Waals surface area (Å²) in [4.78, 5) is 57.2. The zero-order chi connectivity index (χ0) is 29.7. The number of aromatic amines is 1. The quantitative estimate of drug-likeness (QED) is 0.0589. The third-order valence-corrected chi connectivity index (χ3v) is 6.71. The maximum Gasteiger partial charge on any atom is 0.326 e. The number of carbonyl (C=O) groups is 4. The highest BCUT2D eigenvalue weighted by molar-refractivity contribution is 7.98. The smallest absolute Gasteiger partial charge is 0.326 e. The van der Waals surface area contributed by atoms with E-state index in [2.05, 4.69) is 25.9 Å². The third kappa shape index (κ3) is 10.1. The van der Waals surface area contributed by atoms with E-state index >= 15 is 0 Å². The monoisotopic (exact) mass is 578 g/mol. The Labute approximate surface area is 235 Å². The van der Waals surface area contributed by atoms with Gasteiger partial charge in [-0.2, -0.15) is 11.8 Å². The summed E-state index contributed by atoms with van der Waals surface area (Å²) < 4.78 is 0. The van der Waals surface area contributed by atoms with E-state index in [1.165, 1.54) is 11.8 Å². The van der Waals surface area contributed by atoms with Gasteiger partial charge in [0.05, 0.1) is 12.6 Å².